The molecule has 14 heavy (non-hydrogen) atoms. The molecule has 1 aromatic heterocycles. The lowest BCUT2D eigenvalue weighted by atomic mass is 10.2. The van der Waals surface area contributed by atoms with Gasteiger partial charge in [0.15, 0.2) is 5.06 Å². The molecule has 0 amide bonds. The molecule has 0 fully saturated rings. The zero-order valence-electron chi connectivity index (χ0n) is 7.51. The summed E-state index contributed by atoms with van der Waals surface area (Å²) in [7, 11) is 1.70. The van der Waals surface area contributed by atoms with E-state index in [0.717, 1.165) is 5.06 Å². The molecule has 1 aromatic carbocycles. The molecular formula is C10H8ClIOS. The van der Waals surface area contributed by atoms with Crippen LogP contribution in [0.1, 0.15) is 5.56 Å². The van der Waals surface area contributed by atoms with E-state index in [1.165, 1.54) is 19.2 Å². The van der Waals surface area contributed by atoms with E-state index in [-0.39, 0.29) is 0 Å². The highest BCUT2D eigenvalue weighted by atomic mass is 127. The number of thiophene rings is 1. The van der Waals surface area contributed by atoms with Crippen LogP contribution in [0.15, 0.2) is 18.2 Å². The van der Waals surface area contributed by atoms with Crippen LogP contribution in [0.4, 0.5) is 0 Å². The van der Waals surface area contributed by atoms with Gasteiger partial charge >= 0.3 is 0 Å². The highest BCUT2D eigenvalue weighted by Crippen LogP contribution is 2.40. The van der Waals surface area contributed by atoms with Crippen molar-refractivity contribution in [2.45, 2.75) is 5.88 Å². The molecule has 2 aromatic rings. The molecule has 0 aliphatic rings. The largest absolute Gasteiger partial charge is 0.486 e. The smallest absolute Gasteiger partial charge is 0.188 e. The van der Waals surface area contributed by atoms with Crippen molar-refractivity contribution in [2.24, 2.45) is 0 Å². The predicted molar refractivity (Wildman–Crippen MR) is 70.7 cm³/mol. The van der Waals surface area contributed by atoms with Crippen LogP contribution in [-0.2, 0) is 5.88 Å². The van der Waals surface area contributed by atoms with Gasteiger partial charge in [0.2, 0.25) is 0 Å². The van der Waals surface area contributed by atoms with Crippen molar-refractivity contribution in [2.75, 3.05) is 7.11 Å². The molecule has 0 unspecified atom stereocenters. The number of alkyl halides is 1. The Morgan fingerprint density at radius 1 is 1.50 bits per heavy atom. The Balaban J connectivity index is 2.77. The Morgan fingerprint density at radius 3 is 2.93 bits per heavy atom. The summed E-state index contributed by atoms with van der Waals surface area (Å²) < 4.78 is 7.71. The van der Waals surface area contributed by atoms with Gasteiger partial charge in [0, 0.05) is 16.0 Å². The molecule has 0 atom stereocenters. The summed E-state index contributed by atoms with van der Waals surface area (Å²) in [5, 5.41) is 2.21. The summed E-state index contributed by atoms with van der Waals surface area (Å²) in [6.07, 6.45) is 0. The van der Waals surface area contributed by atoms with Crippen LogP contribution in [0, 0.1) is 3.57 Å². The number of methoxy groups -OCH3 is 1. The van der Waals surface area contributed by atoms with Crippen LogP contribution in [0.25, 0.3) is 10.1 Å². The first kappa shape index (κ1) is 10.5. The lowest BCUT2D eigenvalue weighted by molar-refractivity contribution is 0.425. The lowest BCUT2D eigenvalue weighted by Gasteiger charge is -1.95. The fourth-order valence-electron chi connectivity index (χ4n) is 1.36. The predicted octanol–water partition coefficient (Wildman–Crippen LogP) is 4.25. The van der Waals surface area contributed by atoms with Crippen LogP contribution < -0.4 is 4.74 Å². The summed E-state index contributed by atoms with van der Waals surface area (Å²) in [5.74, 6) is 0.553. The number of ether oxygens (including phenoxy) is 1. The number of fused-ring (bicyclic) bond motifs is 1. The zero-order valence-corrected chi connectivity index (χ0v) is 11.2. The van der Waals surface area contributed by atoms with Gasteiger partial charge in [-0.05, 0) is 28.2 Å². The average Bonchev–Trinajstić information content (AvgIpc) is 2.55. The SMILES string of the molecule is COc1sc2c(CCl)cccc2c1I. The van der Waals surface area contributed by atoms with Crippen molar-refractivity contribution in [3.05, 3.63) is 27.3 Å². The topological polar surface area (TPSA) is 9.23 Å². The van der Waals surface area contributed by atoms with Crippen molar-refractivity contribution in [3.8, 4) is 5.06 Å². The van der Waals surface area contributed by atoms with Crippen LogP contribution in [0.3, 0.4) is 0 Å². The third-order valence-electron chi connectivity index (χ3n) is 2.04. The zero-order chi connectivity index (χ0) is 10.1. The number of hydrogen-bond acceptors (Lipinski definition) is 2. The maximum absolute atomic E-state index is 5.87. The van der Waals surface area contributed by atoms with Gasteiger partial charge in [0.1, 0.15) is 0 Å². The van der Waals surface area contributed by atoms with E-state index in [2.05, 4.69) is 34.7 Å². The van der Waals surface area contributed by atoms with E-state index in [1.54, 1.807) is 18.4 Å². The second-order valence-corrected chi connectivity index (χ2v) is 5.16. The van der Waals surface area contributed by atoms with E-state index in [1.807, 2.05) is 6.07 Å². The molecular weight excluding hydrogens is 331 g/mol. The standard InChI is InChI=1S/C10H8ClIOS/c1-13-10-8(12)7-4-2-3-6(5-11)9(7)14-10/h2-4H,5H2,1H3. The highest BCUT2D eigenvalue weighted by molar-refractivity contribution is 14.1. The molecule has 0 spiro atoms. The molecule has 0 saturated carbocycles. The van der Waals surface area contributed by atoms with Crippen molar-refractivity contribution in [1.82, 2.24) is 0 Å². The molecule has 74 valence electrons. The molecule has 1 nitrogen and oxygen atoms in total. The van der Waals surface area contributed by atoms with Crippen molar-refractivity contribution >= 4 is 55.6 Å². The van der Waals surface area contributed by atoms with Gasteiger partial charge in [0.05, 0.1) is 10.7 Å². The number of rotatable bonds is 2. The minimum atomic E-state index is 0.553. The van der Waals surface area contributed by atoms with Crippen molar-refractivity contribution < 1.29 is 4.74 Å². The normalized spacial score (nSPS) is 10.8. The van der Waals surface area contributed by atoms with Crippen molar-refractivity contribution in [3.63, 3.8) is 0 Å². The number of benzene rings is 1. The molecule has 0 bridgehead atoms. The number of hydrogen-bond donors (Lipinski definition) is 0. The first-order valence-electron chi connectivity index (χ1n) is 4.07. The Hall–Kier alpha value is -0.000000000000000111. The maximum Gasteiger partial charge on any atom is 0.188 e. The molecule has 4 heteroatoms. The molecule has 2 rings (SSSR count). The minimum absolute atomic E-state index is 0.553. The van der Waals surface area contributed by atoms with Gasteiger partial charge in [-0.15, -0.1) is 11.6 Å². The Labute approximate surface area is 105 Å². The van der Waals surface area contributed by atoms with Crippen LogP contribution >= 0.6 is 45.5 Å². The van der Waals surface area contributed by atoms with E-state index >= 15 is 0 Å². The minimum Gasteiger partial charge on any atom is -0.486 e. The average molecular weight is 339 g/mol. The van der Waals surface area contributed by atoms with E-state index in [0.29, 0.717) is 5.88 Å². The first-order chi connectivity index (χ1) is 6.77. The quantitative estimate of drug-likeness (QED) is 0.587. The van der Waals surface area contributed by atoms with E-state index in [4.69, 9.17) is 16.3 Å². The third kappa shape index (κ3) is 1.61. The van der Waals surface area contributed by atoms with E-state index in [9.17, 15) is 0 Å². The Bertz CT molecular complexity index is 466. The van der Waals surface area contributed by atoms with Gasteiger partial charge in [-0.2, -0.15) is 0 Å². The monoisotopic (exact) mass is 338 g/mol. The summed E-state index contributed by atoms with van der Waals surface area (Å²) in [4.78, 5) is 0. The van der Waals surface area contributed by atoms with Crippen molar-refractivity contribution in [1.29, 1.82) is 0 Å². The van der Waals surface area contributed by atoms with Crippen LogP contribution in [0.2, 0.25) is 0 Å². The Kier molecular flexibility index (Phi) is 3.19. The van der Waals surface area contributed by atoms with E-state index < -0.39 is 0 Å². The number of halogens is 2. The molecule has 0 radical (unpaired) electrons. The van der Waals surface area contributed by atoms with Gasteiger partial charge in [-0.25, -0.2) is 0 Å². The summed E-state index contributed by atoms with van der Waals surface area (Å²) >= 11 is 9.84. The molecule has 1 heterocycles. The molecule has 0 aliphatic carbocycles. The molecule has 0 saturated heterocycles. The highest BCUT2D eigenvalue weighted by Gasteiger charge is 2.11. The van der Waals surface area contributed by atoms with Gasteiger partial charge < -0.3 is 4.74 Å². The summed E-state index contributed by atoms with van der Waals surface area (Å²) in [6, 6.07) is 6.20. The Morgan fingerprint density at radius 2 is 2.29 bits per heavy atom. The fourth-order valence-corrected chi connectivity index (χ4v) is 3.87. The molecule has 0 aliphatic heterocycles. The second-order valence-electron chi connectivity index (χ2n) is 2.84. The first-order valence-corrected chi connectivity index (χ1v) is 6.50. The van der Waals surface area contributed by atoms with Gasteiger partial charge in [0.25, 0.3) is 0 Å². The maximum atomic E-state index is 5.87. The summed E-state index contributed by atoms with van der Waals surface area (Å²) in [5.41, 5.74) is 1.18. The van der Waals surface area contributed by atoms with Crippen LogP contribution in [-0.4, -0.2) is 7.11 Å². The fraction of sp³-hybridized carbons (Fsp3) is 0.200. The summed E-state index contributed by atoms with van der Waals surface area (Å²) in [6.45, 7) is 0. The lowest BCUT2D eigenvalue weighted by Crippen LogP contribution is -1.79. The van der Waals surface area contributed by atoms with Gasteiger partial charge in [-0.3, -0.25) is 0 Å². The molecule has 0 N–H and O–H groups in total. The second kappa shape index (κ2) is 4.24. The van der Waals surface area contributed by atoms with Crippen LogP contribution in [0.5, 0.6) is 5.06 Å². The third-order valence-corrected chi connectivity index (χ3v) is 5.00. The van der Waals surface area contributed by atoms with Gasteiger partial charge in [-0.1, -0.05) is 29.5 Å².